The predicted octanol–water partition coefficient (Wildman–Crippen LogP) is 4.46. The first-order chi connectivity index (χ1) is 17.6. The van der Waals surface area contributed by atoms with Crippen molar-refractivity contribution >= 4 is 28.4 Å². The van der Waals surface area contributed by atoms with Crippen LogP contribution in [0.5, 0.6) is 11.5 Å². The number of aromatic amines is 1. The molecule has 3 aromatic carbocycles. The number of imide groups is 1. The zero-order chi connectivity index (χ0) is 24.8. The number of H-pyrrole nitrogens is 1. The summed E-state index contributed by atoms with van der Waals surface area (Å²) in [6.45, 7) is 1.22. The largest absolute Gasteiger partial charge is 0.497 e. The zero-order valence-corrected chi connectivity index (χ0v) is 20.2. The van der Waals surface area contributed by atoms with Crippen LogP contribution in [0, 0.1) is 0 Å². The quantitative estimate of drug-likeness (QED) is 0.426. The number of benzene rings is 3. The normalized spacial score (nSPS) is 20.1. The van der Waals surface area contributed by atoms with Gasteiger partial charge in [0.25, 0.3) is 5.91 Å². The van der Waals surface area contributed by atoms with Gasteiger partial charge in [-0.15, -0.1) is 0 Å². The molecule has 2 aliphatic rings. The smallest absolute Gasteiger partial charge is 0.251 e. The van der Waals surface area contributed by atoms with Crippen molar-refractivity contribution in [3.8, 4) is 11.5 Å². The molecule has 3 heterocycles. The lowest BCUT2D eigenvalue weighted by Gasteiger charge is -2.36. The van der Waals surface area contributed by atoms with Crippen molar-refractivity contribution in [3.05, 3.63) is 89.6 Å². The maximum atomic E-state index is 13.7. The summed E-state index contributed by atoms with van der Waals surface area (Å²) in [6, 6.07) is 23.3. The summed E-state index contributed by atoms with van der Waals surface area (Å²) in [6.07, 6.45) is 0.130. The van der Waals surface area contributed by atoms with Gasteiger partial charge in [0, 0.05) is 41.7 Å². The second kappa shape index (κ2) is 8.84. The number of ether oxygens (including phenoxy) is 2. The lowest BCUT2D eigenvalue weighted by molar-refractivity contribution is -0.123. The van der Waals surface area contributed by atoms with Crippen LogP contribution in [0.15, 0.2) is 72.8 Å². The standard InChI is InChI=1S/C29H27N3O4/c1-35-19-12-13-24(26(14-19)36-2)32-27(33)15-25(29(32)34)31-16-21(18-8-4-3-5-9-18)28-20-10-6-7-11-22(20)30-23(28)17-31/h3-14,21,25,30H,15-17H2,1-2H3. The van der Waals surface area contributed by atoms with E-state index in [4.69, 9.17) is 9.47 Å². The van der Waals surface area contributed by atoms with Crippen LogP contribution in [-0.4, -0.2) is 48.5 Å². The van der Waals surface area contributed by atoms with Gasteiger partial charge in [-0.1, -0.05) is 48.5 Å². The minimum absolute atomic E-state index is 0.0820. The monoisotopic (exact) mass is 481 g/mol. The van der Waals surface area contributed by atoms with Crippen molar-refractivity contribution in [2.45, 2.75) is 24.9 Å². The number of hydrogen-bond donors (Lipinski definition) is 1. The number of hydrogen-bond acceptors (Lipinski definition) is 5. The number of anilines is 1. The second-order valence-electron chi connectivity index (χ2n) is 9.28. The number of methoxy groups -OCH3 is 2. The van der Waals surface area contributed by atoms with Crippen molar-refractivity contribution < 1.29 is 19.1 Å². The lowest BCUT2D eigenvalue weighted by atomic mass is 9.85. The van der Waals surface area contributed by atoms with Gasteiger partial charge in [0.1, 0.15) is 11.5 Å². The molecule has 0 radical (unpaired) electrons. The van der Waals surface area contributed by atoms with Gasteiger partial charge in [0.15, 0.2) is 0 Å². The highest BCUT2D eigenvalue weighted by molar-refractivity contribution is 6.23. The summed E-state index contributed by atoms with van der Waals surface area (Å²) in [4.78, 5) is 33.9. The van der Waals surface area contributed by atoms with Crippen molar-refractivity contribution in [1.82, 2.24) is 9.88 Å². The van der Waals surface area contributed by atoms with Crippen LogP contribution in [0.1, 0.15) is 29.2 Å². The molecular formula is C29H27N3O4. The second-order valence-corrected chi connectivity index (χ2v) is 9.28. The highest BCUT2D eigenvalue weighted by Gasteiger charge is 2.46. The van der Waals surface area contributed by atoms with E-state index < -0.39 is 6.04 Å². The third-order valence-corrected chi connectivity index (χ3v) is 7.35. The third kappa shape index (κ3) is 3.55. The molecule has 4 aromatic rings. The molecule has 1 aromatic heterocycles. The Morgan fingerprint density at radius 2 is 1.69 bits per heavy atom. The van der Waals surface area contributed by atoms with E-state index >= 15 is 0 Å². The van der Waals surface area contributed by atoms with Gasteiger partial charge in [0.05, 0.1) is 32.4 Å². The van der Waals surface area contributed by atoms with Gasteiger partial charge < -0.3 is 14.5 Å². The third-order valence-electron chi connectivity index (χ3n) is 7.35. The fourth-order valence-electron chi connectivity index (χ4n) is 5.65. The Morgan fingerprint density at radius 1 is 0.917 bits per heavy atom. The molecule has 0 saturated carbocycles. The number of carbonyl (C=O) groups excluding carboxylic acids is 2. The minimum Gasteiger partial charge on any atom is -0.497 e. The molecule has 1 N–H and O–H groups in total. The summed E-state index contributed by atoms with van der Waals surface area (Å²) in [5, 5.41) is 1.21. The first kappa shape index (κ1) is 22.4. The molecule has 2 aliphatic heterocycles. The van der Waals surface area contributed by atoms with Crippen LogP contribution < -0.4 is 14.4 Å². The van der Waals surface area contributed by atoms with E-state index in [-0.39, 0.29) is 24.2 Å². The molecule has 7 nitrogen and oxygen atoms in total. The van der Waals surface area contributed by atoms with Gasteiger partial charge in [0.2, 0.25) is 5.91 Å². The van der Waals surface area contributed by atoms with Gasteiger partial charge in [-0.25, -0.2) is 4.90 Å². The highest BCUT2D eigenvalue weighted by Crippen LogP contribution is 2.41. The molecule has 1 saturated heterocycles. The minimum atomic E-state index is -0.546. The average Bonchev–Trinajstić information content (AvgIpc) is 3.44. The van der Waals surface area contributed by atoms with Gasteiger partial charge in [-0.05, 0) is 29.3 Å². The first-order valence-corrected chi connectivity index (χ1v) is 12.1. The van der Waals surface area contributed by atoms with Crippen molar-refractivity contribution in [2.24, 2.45) is 0 Å². The number of para-hydroxylation sites is 1. The fourth-order valence-corrected chi connectivity index (χ4v) is 5.65. The SMILES string of the molecule is COc1ccc(N2C(=O)CC(N3Cc4[nH]c5ccccc5c4C(c4ccccc4)C3)C2=O)c(OC)c1. The Balaban J connectivity index is 1.37. The molecule has 7 heteroatoms. The Kier molecular flexibility index (Phi) is 5.49. The van der Waals surface area contributed by atoms with Crippen molar-refractivity contribution in [2.75, 3.05) is 25.7 Å². The Hall–Kier alpha value is -4.10. The summed E-state index contributed by atoms with van der Waals surface area (Å²) in [5.41, 5.74) is 5.09. The Labute approximate surface area is 209 Å². The van der Waals surface area contributed by atoms with Crippen molar-refractivity contribution in [1.29, 1.82) is 0 Å². The van der Waals surface area contributed by atoms with Crippen LogP contribution in [0.4, 0.5) is 5.69 Å². The molecule has 36 heavy (non-hydrogen) atoms. The maximum absolute atomic E-state index is 13.7. The molecule has 2 atom stereocenters. The number of fused-ring (bicyclic) bond motifs is 3. The zero-order valence-electron chi connectivity index (χ0n) is 20.2. The molecular weight excluding hydrogens is 454 g/mol. The van der Waals surface area contributed by atoms with E-state index in [1.54, 1.807) is 25.3 Å². The number of aromatic nitrogens is 1. The van der Waals surface area contributed by atoms with Gasteiger partial charge in [-0.2, -0.15) is 0 Å². The summed E-state index contributed by atoms with van der Waals surface area (Å²) in [5.74, 6) is 0.648. The Bertz CT molecular complexity index is 1460. The van der Waals surface area contributed by atoms with Crippen LogP contribution in [-0.2, 0) is 16.1 Å². The number of amides is 2. The molecule has 6 rings (SSSR count). The summed E-state index contributed by atoms with van der Waals surface area (Å²) >= 11 is 0. The number of nitrogens with zero attached hydrogens (tertiary/aromatic N) is 2. The molecule has 0 aliphatic carbocycles. The first-order valence-electron chi connectivity index (χ1n) is 12.1. The molecule has 1 fully saturated rings. The molecule has 0 bridgehead atoms. The van der Waals surface area contributed by atoms with Crippen LogP contribution in [0.25, 0.3) is 10.9 Å². The summed E-state index contributed by atoms with van der Waals surface area (Å²) < 4.78 is 10.8. The molecule has 2 amide bonds. The number of rotatable bonds is 5. The summed E-state index contributed by atoms with van der Waals surface area (Å²) in [7, 11) is 3.09. The van der Waals surface area contributed by atoms with Gasteiger partial charge >= 0.3 is 0 Å². The van der Waals surface area contributed by atoms with Crippen LogP contribution in [0.2, 0.25) is 0 Å². The highest BCUT2D eigenvalue weighted by atomic mass is 16.5. The van der Waals surface area contributed by atoms with E-state index in [0.717, 1.165) is 11.2 Å². The van der Waals surface area contributed by atoms with Crippen molar-refractivity contribution in [3.63, 3.8) is 0 Å². The maximum Gasteiger partial charge on any atom is 0.251 e. The predicted molar refractivity (Wildman–Crippen MR) is 137 cm³/mol. The lowest BCUT2D eigenvalue weighted by Crippen LogP contribution is -2.45. The van der Waals surface area contributed by atoms with E-state index in [0.29, 0.717) is 30.3 Å². The van der Waals surface area contributed by atoms with E-state index in [1.165, 1.54) is 28.5 Å². The Morgan fingerprint density at radius 3 is 2.47 bits per heavy atom. The van der Waals surface area contributed by atoms with E-state index in [9.17, 15) is 9.59 Å². The number of nitrogens with one attached hydrogen (secondary N) is 1. The van der Waals surface area contributed by atoms with Crippen LogP contribution >= 0.6 is 0 Å². The molecule has 2 unspecified atom stereocenters. The van der Waals surface area contributed by atoms with Gasteiger partial charge in [-0.3, -0.25) is 14.5 Å². The van der Waals surface area contributed by atoms with Crippen LogP contribution in [0.3, 0.4) is 0 Å². The molecule has 182 valence electrons. The van der Waals surface area contributed by atoms with E-state index in [1.807, 2.05) is 24.3 Å². The van der Waals surface area contributed by atoms with E-state index in [2.05, 4.69) is 40.2 Å². The topological polar surface area (TPSA) is 74.9 Å². The number of carbonyl (C=O) groups is 2. The fraction of sp³-hybridized carbons (Fsp3) is 0.241. The molecule has 0 spiro atoms. The average molecular weight is 482 g/mol.